The number of carbonyl (C=O) groups excluding carboxylic acids is 1. The first kappa shape index (κ1) is 15.0. The number of aryl methyl sites for hydroxylation is 2. The number of esters is 1. The van der Waals surface area contributed by atoms with Crippen molar-refractivity contribution in [3.05, 3.63) is 29.5 Å². The van der Waals surface area contributed by atoms with Crippen LogP contribution >= 0.6 is 0 Å². The van der Waals surface area contributed by atoms with E-state index in [9.17, 15) is 4.79 Å². The maximum Gasteiger partial charge on any atom is 0.340 e. The lowest BCUT2D eigenvalue weighted by Crippen LogP contribution is -2.12. The molecule has 0 aromatic carbocycles. The number of hydrogen-bond acceptors (Lipinski definition) is 6. The third-order valence-electron chi connectivity index (χ3n) is 2.98. The van der Waals surface area contributed by atoms with Gasteiger partial charge in [0.25, 0.3) is 0 Å². The molecule has 0 bridgehead atoms. The molecule has 2 aromatic rings. The number of nitrogens with two attached hydrogens (primary N) is 1. The molecule has 0 fully saturated rings. The molecule has 0 aliphatic carbocycles. The average Bonchev–Trinajstić information content (AvgIpc) is 2.91. The number of hydrogen-bond donors (Lipinski definition) is 1. The van der Waals surface area contributed by atoms with Crippen molar-refractivity contribution >= 4 is 11.7 Å². The Labute approximate surface area is 123 Å². The molecule has 7 nitrogen and oxygen atoms in total. The summed E-state index contributed by atoms with van der Waals surface area (Å²) in [5.41, 5.74) is 6.36. The number of pyridine rings is 1. The van der Waals surface area contributed by atoms with E-state index in [-0.39, 0.29) is 11.3 Å². The van der Waals surface area contributed by atoms with Crippen molar-refractivity contribution in [2.75, 3.05) is 12.3 Å². The monoisotopic (exact) mass is 289 g/mol. The van der Waals surface area contributed by atoms with Crippen LogP contribution in [-0.4, -0.2) is 32.3 Å². The van der Waals surface area contributed by atoms with Crippen molar-refractivity contribution in [2.24, 2.45) is 0 Å². The van der Waals surface area contributed by atoms with Crippen molar-refractivity contribution in [2.45, 2.75) is 33.6 Å². The largest absolute Gasteiger partial charge is 0.462 e. The summed E-state index contributed by atoms with van der Waals surface area (Å²) < 4.78 is 6.63. The van der Waals surface area contributed by atoms with Gasteiger partial charge < -0.3 is 10.5 Å². The summed E-state index contributed by atoms with van der Waals surface area (Å²) >= 11 is 0. The lowest BCUT2D eigenvalue weighted by atomic mass is 10.2. The molecule has 0 amide bonds. The minimum absolute atomic E-state index is 0.283. The third kappa shape index (κ3) is 3.01. The van der Waals surface area contributed by atoms with E-state index >= 15 is 0 Å². The van der Waals surface area contributed by atoms with Crippen LogP contribution in [0.4, 0.5) is 5.69 Å². The van der Waals surface area contributed by atoms with Gasteiger partial charge in [0.2, 0.25) is 0 Å². The Hall–Kier alpha value is -2.44. The SMILES string of the molecule is CCOC(=O)c1cc(-n2nc(CC)nc2CC)ncc1N. The molecular weight excluding hydrogens is 270 g/mol. The first-order valence-corrected chi connectivity index (χ1v) is 6.98. The highest BCUT2D eigenvalue weighted by Crippen LogP contribution is 2.17. The molecule has 2 heterocycles. The Balaban J connectivity index is 2.47. The van der Waals surface area contributed by atoms with Crippen LogP contribution in [0.1, 0.15) is 42.8 Å². The summed E-state index contributed by atoms with van der Waals surface area (Å²) in [6, 6.07) is 1.58. The van der Waals surface area contributed by atoms with Gasteiger partial charge in [-0.1, -0.05) is 13.8 Å². The van der Waals surface area contributed by atoms with Crippen LogP contribution < -0.4 is 5.73 Å². The summed E-state index contributed by atoms with van der Waals surface area (Å²) in [4.78, 5) is 20.5. The highest BCUT2D eigenvalue weighted by Gasteiger charge is 2.16. The van der Waals surface area contributed by atoms with E-state index in [2.05, 4.69) is 15.1 Å². The standard InChI is InChI=1S/C14H19N5O2/c1-4-11-17-12(5-2)19(18-11)13-7-9(10(15)8-16-13)14(20)21-6-3/h7-8H,4-6,15H2,1-3H3. The van der Waals surface area contributed by atoms with E-state index in [1.54, 1.807) is 17.7 Å². The van der Waals surface area contributed by atoms with Crippen molar-refractivity contribution < 1.29 is 9.53 Å². The molecule has 0 spiro atoms. The lowest BCUT2D eigenvalue weighted by molar-refractivity contribution is 0.0527. The number of anilines is 1. The molecule has 7 heteroatoms. The predicted octanol–water partition coefficient (Wildman–Crippen LogP) is 1.55. The van der Waals surface area contributed by atoms with Crippen LogP contribution in [0.2, 0.25) is 0 Å². The average molecular weight is 289 g/mol. The second kappa shape index (κ2) is 6.34. The van der Waals surface area contributed by atoms with Gasteiger partial charge in [-0.05, 0) is 13.0 Å². The molecular formula is C14H19N5O2. The number of nitrogen functional groups attached to an aromatic ring is 1. The topological polar surface area (TPSA) is 95.9 Å². The zero-order valence-corrected chi connectivity index (χ0v) is 12.5. The molecule has 2 N–H and O–H groups in total. The molecule has 0 saturated heterocycles. The van der Waals surface area contributed by atoms with E-state index in [0.29, 0.717) is 18.8 Å². The van der Waals surface area contributed by atoms with E-state index in [1.165, 1.54) is 6.20 Å². The van der Waals surface area contributed by atoms with E-state index in [0.717, 1.165) is 18.1 Å². The van der Waals surface area contributed by atoms with E-state index < -0.39 is 5.97 Å². The number of aromatic nitrogens is 4. The molecule has 0 saturated carbocycles. The van der Waals surface area contributed by atoms with Gasteiger partial charge in [0.15, 0.2) is 11.6 Å². The predicted molar refractivity (Wildman–Crippen MR) is 78.3 cm³/mol. The van der Waals surface area contributed by atoms with Crippen LogP contribution in [0.25, 0.3) is 5.82 Å². The Morgan fingerprint density at radius 1 is 1.33 bits per heavy atom. The molecule has 0 atom stereocenters. The quantitative estimate of drug-likeness (QED) is 0.839. The van der Waals surface area contributed by atoms with Gasteiger partial charge in [0, 0.05) is 12.8 Å². The van der Waals surface area contributed by atoms with Crippen LogP contribution in [0, 0.1) is 0 Å². The Morgan fingerprint density at radius 2 is 2.10 bits per heavy atom. The Kier molecular flexibility index (Phi) is 4.52. The number of nitrogens with zero attached hydrogens (tertiary/aromatic N) is 4. The van der Waals surface area contributed by atoms with Crippen molar-refractivity contribution in [1.29, 1.82) is 0 Å². The van der Waals surface area contributed by atoms with Gasteiger partial charge in [-0.25, -0.2) is 14.8 Å². The van der Waals surface area contributed by atoms with Gasteiger partial charge in [-0.15, -0.1) is 5.10 Å². The maximum atomic E-state index is 11.9. The van der Waals surface area contributed by atoms with Crippen molar-refractivity contribution in [3.8, 4) is 5.82 Å². The summed E-state index contributed by atoms with van der Waals surface area (Å²) in [5, 5.41) is 4.40. The molecule has 0 unspecified atom stereocenters. The van der Waals surface area contributed by atoms with Crippen LogP contribution in [0.5, 0.6) is 0 Å². The molecule has 0 radical (unpaired) electrons. The summed E-state index contributed by atoms with van der Waals surface area (Å²) in [5.74, 6) is 1.57. The summed E-state index contributed by atoms with van der Waals surface area (Å²) in [6.45, 7) is 6.01. The maximum absolute atomic E-state index is 11.9. The number of ether oxygens (including phenoxy) is 1. The minimum atomic E-state index is -0.465. The number of carbonyl (C=O) groups is 1. The zero-order chi connectivity index (χ0) is 15.4. The van der Waals surface area contributed by atoms with Crippen LogP contribution in [-0.2, 0) is 17.6 Å². The Bertz CT molecular complexity index is 651. The highest BCUT2D eigenvalue weighted by atomic mass is 16.5. The number of rotatable bonds is 5. The normalized spacial score (nSPS) is 10.6. The fraction of sp³-hybridized carbons (Fsp3) is 0.429. The van der Waals surface area contributed by atoms with Crippen molar-refractivity contribution in [1.82, 2.24) is 19.7 Å². The first-order chi connectivity index (χ1) is 10.1. The fourth-order valence-corrected chi connectivity index (χ4v) is 1.91. The second-order valence-corrected chi connectivity index (χ2v) is 4.41. The molecule has 112 valence electrons. The lowest BCUT2D eigenvalue weighted by Gasteiger charge is -2.08. The minimum Gasteiger partial charge on any atom is -0.462 e. The molecule has 21 heavy (non-hydrogen) atoms. The molecule has 2 aromatic heterocycles. The Morgan fingerprint density at radius 3 is 2.71 bits per heavy atom. The van der Waals surface area contributed by atoms with Gasteiger partial charge in [-0.3, -0.25) is 0 Å². The fourth-order valence-electron chi connectivity index (χ4n) is 1.91. The summed E-state index contributed by atoms with van der Waals surface area (Å²) in [7, 11) is 0. The first-order valence-electron chi connectivity index (χ1n) is 6.98. The van der Waals surface area contributed by atoms with Gasteiger partial charge in [0.1, 0.15) is 5.82 Å². The highest BCUT2D eigenvalue weighted by molar-refractivity contribution is 5.95. The van der Waals surface area contributed by atoms with E-state index in [4.69, 9.17) is 10.5 Å². The second-order valence-electron chi connectivity index (χ2n) is 4.41. The van der Waals surface area contributed by atoms with E-state index in [1.807, 2.05) is 13.8 Å². The molecule has 2 rings (SSSR count). The molecule has 0 aliphatic heterocycles. The van der Waals surface area contributed by atoms with Gasteiger partial charge in [0.05, 0.1) is 24.1 Å². The van der Waals surface area contributed by atoms with Gasteiger partial charge in [-0.2, -0.15) is 4.68 Å². The van der Waals surface area contributed by atoms with Crippen LogP contribution in [0.3, 0.4) is 0 Å². The van der Waals surface area contributed by atoms with Crippen LogP contribution in [0.15, 0.2) is 12.3 Å². The van der Waals surface area contributed by atoms with Gasteiger partial charge >= 0.3 is 5.97 Å². The van der Waals surface area contributed by atoms with Crippen molar-refractivity contribution in [3.63, 3.8) is 0 Å². The third-order valence-corrected chi connectivity index (χ3v) is 2.98. The smallest absolute Gasteiger partial charge is 0.340 e. The molecule has 0 aliphatic rings. The summed E-state index contributed by atoms with van der Waals surface area (Å²) in [6.07, 6.45) is 2.89. The zero-order valence-electron chi connectivity index (χ0n) is 12.5.